The van der Waals surface area contributed by atoms with Crippen LogP contribution in [-0.2, 0) is 17.8 Å². The van der Waals surface area contributed by atoms with E-state index in [1.165, 1.54) is 11.2 Å². The smallest absolute Gasteiger partial charge is 0.273 e. The number of rotatable bonds is 10. The Hall–Kier alpha value is -4.14. The van der Waals surface area contributed by atoms with Gasteiger partial charge in [-0.3, -0.25) is 19.3 Å². The molecule has 1 aliphatic heterocycles. The minimum absolute atomic E-state index is 0.000683. The second kappa shape index (κ2) is 11.1. The number of anilines is 1. The van der Waals surface area contributed by atoms with Gasteiger partial charge in [0.15, 0.2) is 24.7 Å². The highest BCUT2D eigenvalue weighted by Crippen LogP contribution is 2.34. The van der Waals surface area contributed by atoms with E-state index in [2.05, 4.69) is 10.3 Å². The molecule has 2 amide bonds. The van der Waals surface area contributed by atoms with Crippen molar-refractivity contribution < 1.29 is 28.3 Å². The Kier molecular flexibility index (Phi) is 7.68. The summed E-state index contributed by atoms with van der Waals surface area (Å²) in [6, 6.07) is 12.5. The fourth-order valence-electron chi connectivity index (χ4n) is 3.74. The lowest BCUT2D eigenvalue weighted by molar-refractivity contribution is -0.121. The van der Waals surface area contributed by atoms with Gasteiger partial charge in [0.25, 0.3) is 11.8 Å². The average Bonchev–Trinajstić information content (AvgIpc) is 3.37. The molecule has 0 spiro atoms. The van der Waals surface area contributed by atoms with Crippen LogP contribution in [-0.4, -0.2) is 41.8 Å². The van der Waals surface area contributed by atoms with Crippen molar-refractivity contribution in [2.75, 3.05) is 18.1 Å². The molecule has 0 fully saturated rings. The molecule has 0 aliphatic carbocycles. The molecule has 3 aromatic rings. The van der Waals surface area contributed by atoms with Gasteiger partial charge >= 0.3 is 0 Å². The topological polar surface area (TPSA) is 111 Å². The number of oxazole rings is 1. The van der Waals surface area contributed by atoms with Crippen LogP contribution in [0.4, 0.5) is 5.69 Å². The Morgan fingerprint density at radius 2 is 2.00 bits per heavy atom. The highest BCUT2D eigenvalue weighted by Gasteiger charge is 2.28. The summed E-state index contributed by atoms with van der Waals surface area (Å²) >= 11 is 0. The Balaban J connectivity index is 1.50. The van der Waals surface area contributed by atoms with Crippen LogP contribution in [0.3, 0.4) is 0 Å². The van der Waals surface area contributed by atoms with Crippen molar-refractivity contribution >= 4 is 23.3 Å². The van der Waals surface area contributed by atoms with Crippen LogP contribution < -0.4 is 19.7 Å². The van der Waals surface area contributed by atoms with Gasteiger partial charge in [0.1, 0.15) is 24.3 Å². The van der Waals surface area contributed by atoms with E-state index in [0.717, 1.165) is 18.4 Å². The number of carbonyl (C=O) groups excluding carboxylic acids is 3. The molecule has 0 unspecified atom stereocenters. The lowest BCUT2D eigenvalue weighted by atomic mass is 10.1. The molecule has 0 saturated heterocycles. The number of hydrogen-bond donors (Lipinski definition) is 1. The summed E-state index contributed by atoms with van der Waals surface area (Å²) in [5.41, 5.74) is 1.96. The molecular weight excluding hydrogens is 462 g/mol. The molecule has 0 saturated carbocycles. The molecule has 4 rings (SSSR count). The number of nitrogens with one attached hydrogen (secondary N) is 1. The van der Waals surface area contributed by atoms with E-state index in [4.69, 9.17) is 13.9 Å². The first-order valence-electron chi connectivity index (χ1n) is 12.0. The van der Waals surface area contributed by atoms with E-state index >= 15 is 0 Å². The van der Waals surface area contributed by atoms with Crippen molar-refractivity contribution in [1.82, 2.24) is 10.3 Å². The van der Waals surface area contributed by atoms with Crippen molar-refractivity contribution in [3.63, 3.8) is 0 Å². The standard InChI is InChI=1S/C27H29N3O6/c1-4-17(3)28-27(33)20-14-36-25(29-20)13-30-21-12-19(10-11-24(21)35-16-26(30)32)22(31)15-34-23-9-7-6-8-18(23)5-2/h6-12,14,17H,4-5,13,15-16H2,1-3H3,(H,28,33)/t17-/m0/s1. The number of ether oxygens (including phenoxy) is 2. The van der Waals surface area contributed by atoms with Crippen LogP contribution in [0.15, 0.2) is 53.1 Å². The van der Waals surface area contributed by atoms with Gasteiger partial charge in [-0.2, -0.15) is 0 Å². The molecule has 1 aromatic heterocycles. The van der Waals surface area contributed by atoms with Crippen molar-refractivity contribution in [1.29, 1.82) is 0 Å². The summed E-state index contributed by atoms with van der Waals surface area (Å²) in [7, 11) is 0. The lowest BCUT2D eigenvalue weighted by Gasteiger charge is -2.28. The fourth-order valence-corrected chi connectivity index (χ4v) is 3.74. The van der Waals surface area contributed by atoms with Crippen LogP contribution in [0.25, 0.3) is 0 Å². The minimum Gasteiger partial charge on any atom is -0.485 e. The summed E-state index contributed by atoms with van der Waals surface area (Å²) in [5, 5.41) is 2.83. The van der Waals surface area contributed by atoms with Gasteiger partial charge in [-0.1, -0.05) is 32.0 Å². The van der Waals surface area contributed by atoms with Gasteiger partial charge in [-0.05, 0) is 49.6 Å². The third-order valence-corrected chi connectivity index (χ3v) is 6.00. The van der Waals surface area contributed by atoms with E-state index in [-0.39, 0.29) is 55.0 Å². The molecular formula is C27H29N3O6. The Bertz CT molecular complexity index is 1270. The number of ketones is 1. The van der Waals surface area contributed by atoms with Gasteiger partial charge < -0.3 is 19.2 Å². The zero-order valence-corrected chi connectivity index (χ0v) is 20.6. The summed E-state index contributed by atoms with van der Waals surface area (Å²) < 4.78 is 16.8. The molecule has 188 valence electrons. The molecule has 2 aromatic carbocycles. The quantitative estimate of drug-likeness (QED) is 0.428. The van der Waals surface area contributed by atoms with Crippen molar-refractivity contribution in [2.24, 2.45) is 0 Å². The van der Waals surface area contributed by atoms with Crippen molar-refractivity contribution in [3.05, 3.63) is 71.4 Å². The van der Waals surface area contributed by atoms with Crippen LogP contribution in [0, 0.1) is 0 Å². The summed E-state index contributed by atoms with van der Waals surface area (Å²) in [4.78, 5) is 43.6. The normalized spacial score (nSPS) is 13.5. The second-order valence-corrected chi connectivity index (χ2v) is 8.53. The first kappa shape index (κ1) is 25.0. The molecule has 9 nitrogen and oxygen atoms in total. The van der Waals surface area contributed by atoms with E-state index in [0.29, 0.717) is 22.7 Å². The van der Waals surface area contributed by atoms with Crippen molar-refractivity contribution in [3.8, 4) is 11.5 Å². The Labute approximate surface area is 209 Å². The number of fused-ring (bicyclic) bond motifs is 1. The van der Waals surface area contributed by atoms with Gasteiger partial charge in [0, 0.05) is 11.6 Å². The first-order chi connectivity index (χ1) is 17.4. The maximum absolute atomic E-state index is 12.9. The number of aryl methyl sites for hydroxylation is 1. The zero-order chi connectivity index (χ0) is 25.7. The monoisotopic (exact) mass is 491 g/mol. The van der Waals surface area contributed by atoms with Gasteiger partial charge in [0.05, 0.1) is 5.69 Å². The molecule has 2 heterocycles. The lowest BCUT2D eigenvalue weighted by Crippen LogP contribution is -2.38. The van der Waals surface area contributed by atoms with Crippen LogP contribution in [0.5, 0.6) is 11.5 Å². The molecule has 1 N–H and O–H groups in total. The third-order valence-electron chi connectivity index (χ3n) is 6.00. The summed E-state index contributed by atoms with van der Waals surface area (Å²) in [5.74, 6) is 0.436. The summed E-state index contributed by atoms with van der Waals surface area (Å²) in [6.45, 7) is 5.58. The van der Waals surface area contributed by atoms with Gasteiger partial charge in [0.2, 0.25) is 5.89 Å². The summed E-state index contributed by atoms with van der Waals surface area (Å²) in [6.07, 6.45) is 2.84. The van der Waals surface area contributed by atoms with Crippen LogP contribution >= 0.6 is 0 Å². The number of carbonyl (C=O) groups is 3. The predicted molar refractivity (Wildman–Crippen MR) is 132 cm³/mol. The Morgan fingerprint density at radius 3 is 2.78 bits per heavy atom. The number of nitrogens with zero attached hydrogens (tertiary/aromatic N) is 2. The number of amides is 2. The van der Waals surface area contributed by atoms with Crippen molar-refractivity contribution in [2.45, 2.75) is 46.2 Å². The molecule has 1 aliphatic rings. The van der Waals surface area contributed by atoms with E-state index in [1.807, 2.05) is 45.0 Å². The maximum Gasteiger partial charge on any atom is 0.273 e. The highest BCUT2D eigenvalue weighted by molar-refractivity contribution is 6.02. The van der Waals surface area contributed by atoms with Crippen LogP contribution in [0.2, 0.25) is 0 Å². The number of hydrogen-bond acceptors (Lipinski definition) is 7. The number of Topliss-reactive ketones (excluding diaryl/α,β-unsaturated/α-hetero) is 1. The molecule has 0 radical (unpaired) electrons. The number of benzene rings is 2. The first-order valence-corrected chi connectivity index (χ1v) is 12.0. The second-order valence-electron chi connectivity index (χ2n) is 8.53. The largest absolute Gasteiger partial charge is 0.485 e. The average molecular weight is 492 g/mol. The van der Waals surface area contributed by atoms with Gasteiger partial charge in [-0.15, -0.1) is 0 Å². The fraction of sp³-hybridized carbons (Fsp3) is 0.333. The molecule has 36 heavy (non-hydrogen) atoms. The minimum atomic E-state index is -0.342. The van der Waals surface area contributed by atoms with E-state index in [9.17, 15) is 14.4 Å². The zero-order valence-electron chi connectivity index (χ0n) is 20.6. The Morgan fingerprint density at radius 1 is 1.19 bits per heavy atom. The van der Waals surface area contributed by atoms with Gasteiger partial charge in [-0.25, -0.2) is 4.98 Å². The molecule has 1 atom stereocenters. The van der Waals surface area contributed by atoms with Crippen LogP contribution in [0.1, 0.15) is 59.5 Å². The van der Waals surface area contributed by atoms with E-state index in [1.54, 1.807) is 18.2 Å². The SMILES string of the molecule is CCc1ccccc1OCC(=O)c1ccc2c(c1)N(Cc1nc(C(=O)N[C@@H](C)CC)co1)C(=O)CO2. The number of para-hydroxylation sites is 1. The number of aromatic nitrogens is 1. The third kappa shape index (κ3) is 5.56. The molecule has 9 heteroatoms. The highest BCUT2D eigenvalue weighted by atomic mass is 16.5. The maximum atomic E-state index is 12.9. The molecule has 0 bridgehead atoms. The van der Waals surface area contributed by atoms with E-state index < -0.39 is 0 Å². The predicted octanol–water partition coefficient (Wildman–Crippen LogP) is 3.95.